The number of amides is 1. The molecule has 4 fully saturated rings. The molecule has 0 spiro atoms. The van der Waals surface area contributed by atoms with E-state index in [1.165, 1.54) is 6.42 Å². The van der Waals surface area contributed by atoms with Crippen molar-refractivity contribution in [3.8, 4) is 5.88 Å². The summed E-state index contributed by atoms with van der Waals surface area (Å²) in [6.07, 6.45) is 17.8. The Hall–Kier alpha value is -4.56. The average Bonchev–Trinajstić information content (AvgIpc) is 3.68. The summed E-state index contributed by atoms with van der Waals surface area (Å²) >= 11 is 0. The van der Waals surface area contributed by atoms with Crippen LogP contribution in [0.25, 0.3) is 5.65 Å². The largest absolute Gasteiger partial charge is 0.477 e. The van der Waals surface area contributed by atoms with Crippen LogP contribution in [0.15, 0.2) is 43.0 Å². The van der Waals surface area contributed by atoms with Crippen molar-refractivity contribution in [2.45, 2.75) is 117 Å². The molecule has 1 unspecified atom stereocenters. The predicted molar refractivity (Wildman–Crippen MR) is 236 cm³/mol. The molecule has 4 aromatic heterocycles. The Morgan fingerprint density at radius 2 is 1.65 bits per heavy atom. The number of anilines is 3. The van der Waals surface area contributed by atoms with Gasteiger partial charge >= 0.3 is 0 Å². The van der Waals surface area contributed by atoms with Gasteiger partial charge < -0.3 is 35.2 Å². The third-order valence-electron chi connectivity index (χ3n) is 13.8. The molecule has 0 bridgehead atoms. The molecule has 4 aliphatic rings. The fourth-order valence-electron chi connectivity index (χ4n) is 10.8. The zero-order valence-corrected chi connectivity index (χ0v) is 36.6. The van der Waals surface area contributed by atoms with E-state index in [0.717, 1.165) is 131 Å². The van der Waals surface area contributed by atoms with Gasteiger partial charge in [-0.25, -0.2) is 19.9 Å². The van der Waals surface area contributed by atoms with Crippen molar-refractivity contribution in [2.75, 3.05) is 67.6 Å². The third-order valence-corrected chi connectivity index (χ3v) is 13.8. The van der Waals surface area contributed by atoms with E-state index < -0.39 is 0 Å². The van der Waals surface area contributed by atoms with E-state index in [9.17, 15) is 9.90 Å². The molecular formula is C46H67N11O3. The number of aliphatic hydroxyl groups excluding tert-OH is 1. The van der Waals surface area contributed by atoms with Crippen molar-refractivity contribution in [1.82, 2.24) is 39.8 Å². The maximum Gasteiger partial charge on any atom is 0.254 e. The molecule has 14 heteroatoms. The van der Waals surface area contributed by atoms with Crippen LogP contribution in [0, 0.1) is 22.7 Å². The molecule has 3 N–H and O–H groups in total. The van der Waals surface area contributed by atoms with Crippen molar-refractivity contribution in [3.63, 3.8) is 0 Å². The number of nitrogens with one attached hydrogen (secondary N) is 2. The van der Waals surface area contributed by atoms with E-state index in [1.807, 2.05) is 23.0 Å². The molecule has 14 nitrogen and oxygen atoms in total. The zero-order valence-electron chi connectivity index (χ0n) is 36.6. The van der Waals surface area contributed by atoms with E-state index in [4.69, 9.17) is 9.72 Å². The monoisotopic (exact) mass is 822 g/mol. The van der Waals surface area contributed by atoms with Crippen LogP contribution in [-0.2, 0) is 13.0 Å². The van der Waals surface area contributed by atoms with Gasteiger partial charge in [0.05, 0.1) is 18.4 Å². The SMILES string of the molecule is CCc1cnn2c(NCc3ccc(OCC4CCN(CC5CCN(c6ncc(C(=O)NC7C(C)(C)CC7(C)C)cn6)CC5)CC4)nc3)cc(N3CCCCC3CCO)nc12. The molecule has 0 radical (unpaired) electrons. The van der Waals surface area contributed by atoms with Gasteiger partial charge in [0.2, 0.25) is 11.8 Å². The van der Waals surface area contributed by atoms with E-state index in [-0.39, 0.29) is 29.4 Å². The van der Waals surface area contributed by atoms with Gasteiger partial charge in [-0.1, -0.05) is 40.7 Å². The van der Waals surface area contributed by atoms with Crippen molar-refractivity contribution in [2.24, 2.45) is 22.7 Å². The fourth-order valence-corrected chi connectivity index (χ4v) is 10.8. The van der Waals surface area contributed by atoms with Crippen LogP contribution in [0.3, 0.4) is 0 Å². The smallest absolute Gasteiger partial charge is 0.254 e. The second-order valence-electron chi connectivity index (χ2n) is 19.3. The highest BCUT2D eigenvalue weighted by Gasteiger charge is 2.53. The topological polar surface area (TPSA) is 149 Å². The standard InChI is InChI=1S/C46H67N11O3/c1-6-35-28-51-57-38(23-39(52-41(35)57)56-17-8-7-9-37(56)16-22-58)47-24-34-10-11-40(48-25-34)60-30-33-12-18-54(19-13-33)29-32-14-20-55(21-15-32)44-49-26-36(27-50-44)42(59)53-43-45(2,3)31-46(43,4)5/h10-11,23,25-28,32-33,37,43,47,58H,6-9,12-22,24,29-31H2,1-5H3,(H,53,59). The first kappa shape index (κ1) is 42.1. The van der Waals surface area contributed by atoms with Crippen LogP contribution in [0.1, 0.15) is 114 Å². The summed E-state index contributed by atoms with van der Waals surface area (Å²) in [5.74, 6) is 4.35. The molecule has 3 saturated heterocycles. The molecule has 1 atom stereocenters. The van der Waals surface area contributed by atoms with Gasteiger partial charge in [-0.2, -0.15) is 9.61 Å². The second kappa shape index (κ2) is 18.2. The number of hydrogen-bond acceptors (Lipinski definition) is 12. The summed E-state index contributed by atoms with van der Waals surface area (Å²) in [4.78, 5) is 39.2. The number of carbonyl (C=O) groups excluding carboxylic acids is 1. The number of aromatic nitrogens is 6. The lowest BCUT2D eigenvalue weighted by molar-refractivity contribution is -0.0366. The van der Waals surface area contributed by atoms with Crippen LogP contribution >= 0.6 is 0 Å². The van der Waals surface area contributed by atoms with E-state index in [1.54, 1.807) is 12.4 Å². The molecule has 60 heavy (non-hydrogen) atoms. The molecule has 1 amide bonds. The Labute approximate surface area is 355 Å². The first-order chi connectivity index (χ1) is 29.0. The normalized spacial score (nSPS) is 21.5. The molecule has 324 valence electrons. The Bertz CT molecular complexity index is 2020. The molecule has 4 aromatic rings. The summed E-state index contributed by atoms with van der Waals surface area (Å²) < 4.78 is 8.12. The van der Waals surface area contributed by atoms with E-state index in [0.29, 0.717) is 42.5 Å². The van der Waals surface area contributed by atoms with Gasteiger partial charge in [-0.05, 0) is 106 Å². The van der Waals surface area contributed by atoms with Crippen LogP contribution in [0.2, 0.25) is 0 Å². The lowest BCUT2D eigenvalue weighted by atomic mass is 9.52. The van der Waals surface area contributed by atoms with Crippen molar-refractivity contribution >= 4 is 29.1 Å². The van der Waals surface area contributed by atoms with Crippen LogP contribution in [0.5, 0.6) is 5.88 Å². The molecule has 8 rings (SSSR count). The first-order valence-electron chi connectivity index (χ1n) is 22.7. The number of likely N-dealkylation sites (tertiary alicyclic amines) is 1. The van der Waals surface area contributed by atoms with Crippen LogP contribution < -0.4 is 25.2 Å². The quantitative estimate of drug-likeness (QED) is 0.122. The molecule has 3 aliphatic heterocycles. The fraction of sp³-hybridized carbons (Fsp3) is 0.652. The van der Waals surface area contributed by atoms with Gasteiger partial charge in [-0.3, -0.25) is 4.79 Å². The maximum absolute atomic E-state index is 13.0. The van der Waals surface area contributed by atoms with Gasteiger partial charge in [0.15, 0.2) is 5.65 Å². The molecular weight excluding hydrogens is 755 g/mol. The number of aliphatic hydroxyl groups is 1. The minimum absolute atomic E-state index is 0.0858. The number of piperidine rings is 3. The maximum atomic E-state index is 13.0. The Balaban J connectivity index is 0.753. The van der Waals surface area contributed by atoms with E-state index >= 15 is 0 Å². The summed E-state index contributed by atoms with van der Waals surface area (Å²) in [7, 11) is 0. The Morgan fingerprint density at radius 3 is 2.33 bits per heavy atom. The number of carbonyl (C=O) groups is 1. The van der Waals surface area contributed by atoms with Gasteiger partial charge in [0.1, 0.15) is 11.6 Å². The lowest BCUT2D eigenvalue weighted by Gasteiger charge is -2.57. The molecule has 7 heterocycles. The van der Waals surface area contributed by atoms with Crippen molar-refractivity contribution < 1.29 is 14.6 Å². The third kappa shape index (κ3) is 9.49. The van der Waals surface area contributed by atoms with Gasteiger partial charge in [0, 0.05) is 87.7 Å². The molecule has 0 aromatic carbocycles. The summed E-state index contributed by atoms with van der Waals surface area (Å²) in [6.45, 7) is 18.7. The van der Waals surface area contributed by atoms with E-state index in [2.05, 4.69) is 92.1 Å². The number of ether oxygens (including phenoxy) is 1. The number of hydrogen-bond donors (Lipinski definition) is 3. The van der Waals surface area contributed by atoms with Crippen LogP contribution in [-0.4, -0.2) is 110 Å². The minimum atomic E-state index is -0.0858. The Kier molecular flexibility index (Phi) is 12.8. The predicted octanol–water partition coefficient (Wildman–Crippen LogP) is 6.39. The number of rotatable bonds is 15. The van der Waals surface area contributed by atoms with Crippen molar-refractivity contribution in [3.05, 3.63) is 59.7 Å². The summed E-state index contributed by atoms with van der Waals surface area (Å²) in [5, 5.41) is 21.3. The molecule has 1 aliphatic carbocycles. The minimum Gasteiger partial charge on any atom is -0.477 e. The number of nitrogens with zero attached hydrogens (tertiary/aromatic N) is 9. The highest BCUT2D eigenvalue weighted by Crippen LogP contribution is 2.53. The Morgan fingerprint density at radius 1 is 0.900 bits per heavy atom. The number of aryl methyl sites for hydroxylation is 1. The van der Waals surface area contributed by atoms with Crippen molar-refractivity contribution in [1.29, 1.82) is 0 Å². The van der Waals surface area contributed by atoms with Crippen LogP contribution in [0.4, 0.5) is 17.6 Å². The number of pyridine rings is 1. The zero-order chi connectivity index (χ0) is 41.9. The second-order valence-corrected chi connectivity index (χ2v) is 19.3. The first-order valence-corrected chi connectivity index (χ1v) is 22.7. The average molecular weight is 822 g/mol. The highest BCUT2D eigenvalue weighted by atomic mass is 16.5. The summed E-state index contributed by atoms with van der Waals surface area (Å²) in [6, 6.07) is 6.61. The summed E-state index contributed by atoms with van der Waals surface area (Å²) in [5.41, 5.74) is 3.80. The van der Waals surface area contributed by atoms with Gasteiger partial charge in [-0.15, -0.1) is 0 Å². The lowest BCUT2D eigenvalue weighted by Crippen LogP contribution is -2.63. The highest BCUT2D eigenvalue weighted by molar-refractivity contribution is 5.94. The van der Waals surface area contributed by atoms with Gasteiger partial charge in [0.25, 0.3) is 5.91 Å². The number of fused-ring (bicyclic) bond motifs is 1. The molecule has 1 saturated carbocycles.